The van der Waals surface area contributed by atoms with E-state index in [0.717, 1.165) is 24.3 Å². The van der Waals surface area contributed by atoms with E-state index < -0.39 is 0 Å². The number of aromatic nitrogens is 2. The Labute approximate surface area is 199 Å². The predicted octanol–water partition coefficient (Wildman–Crippen LogP) is 4.23. The van der Waals surface area contributed by atoms with Crippen molar-refractivity contribution < 1.29 is 18.8 Å². The number of nitrogens with one attached hydrogen (secondary N) is 1. The maximum Gasteiger partial charge on any atom is 0.321 e. The topological polar surface area (TPSA) is 93.0 Å². The Morgan fingerprint density at radius 1 is 1.03 bits per heavy atom. The molecule has 0 unspecified atom stereocenters. The highest BCUT2D eigenvalue weighted by Gasteiger charge is 2.23. The van der Waals surface area contributed by atoms with Crippen LogP contribution in [-0.4, -0.2) is 66.4 Å². The average Bonchev–Trinajstić information content (AvgIpc) is 3.33. The monoisotopic (exact) mass is 465 g/mol. The van der Waals surface area contributed by atoms with E-state index in [4.69, 9.17) is 14.0 Å². The molecule has 0 spiro atoms. The van der Waals surface area contributed by atoms with Crippen LogP contribution in [0, 0.1) is 0 Å². The van der Waals surface area contributed by atoms with Crippen LogP contribution < -0.4 is 14.8 Å². The Bertz CT molecular complexity index is 1080. The highest BCUT2D eigenvalue weighted by Crippen LogP contribution is 2.29. The van der Waals surface area contributed by atoms with Gasteiger partial charge in [-0.05, 0) is 35.7 Å². The fourth-order valence-electron chi connectivity index (χ4n) is 3.83. The molecule has 34 heavy (non-hydrogen) atoms. The fourth-order valence-corrected chi connectivity index (χ4v) is 3.83. The van der Waals surface area contributed by atoms with Crippen LogP contribution in [0.25, 0.3) is 11.5 Å². The number of hydrogen-bond acceptors (Lipinski definition) is 7. The number of nitrogens with zero attached hydrogens (tertiary/aromatic N) is 4. The van der Waals surface area contributed by atoms with E-state index >= 15 is 0 Å². The summed E-state index contributed by atoms with van der Waals surface area (Å²) in [5, 5.41) is 7.12. The number of rotatable bonds is 7. The van der Waals surface area contributed by atoms with Gasteiger partial charge in [-0.15, -0.1) is 0 Å². The first-order chi connectivity index (χ1) is 16.4. The molecule has 2 amide bonds. The van der Waals surface area contributed by atoms with Crippen molar-refractivity contribution in [1.29, 1.82) is 0 Å². The first kappa shape index (κ1) is 23.6. The molecular weight excluding hydrogens is 434 g/mol. The molecule has 2 aromatic carbocycles. The van der Waals surface area contributed by atoms with Gasteiger partial charge in [0.05, 0.1) is 20.8 Å². The van der Waals surface area contributed by atoms with Gasteiger partial charge in [0.1, 0.15) is 11.5 Å². The number of ether oxygens (including phenoxy) is 2. The quantitative estimate of drug-likeness (QED) is 0.558. The number of hydrogen-bond donors (Lipinski definition) is 1. The van der Waals surface area contributed by atoms with Gasteiger partial charge in [-0.2, -0.15) is 4.98 Å². The lowest BCUT2D eigenvalue weighted by molar-refractivity contribution is 0.140. The molecule has 0 bridgehead atoms. The van der Waals surface area contributed by atoms with Crippen LogP contribution in [0.3, 0.4) is 0 Å². The second-order valence-corrected chi connectivity index (χ2v) is 8.59. The van der Waals surface area contributed by atoms with Crippen LogP contribution >= 0.6 is 0 Å². The van der Waals surface area contributed by atoms with Crippen molar-refractivity contribution in [1.82, 2.24) is 19.9 Å². The van der Waals surface area contributed by atoms with E-state index in [0.29, 0.717) is 48.8 Å². The lowest BCUT2D eigenvalue weighted by Crippen LogP contribution is -2.49. The minimum atomic E-state index is -0.0780. The van der Waals surface area contributed by atoms with Crippen molar-refractivity contribution >= 4 is 11.7 Å². The molecule has 3 aromatic rings. The van der Waals surface area contributed by atoms with Gasteiger partial charge in [0.25, 0.3) is 5.89 Å². The minimum Gasteiger partial charge on any atom is -0.497 e. The summed E-state index contributed by atoms with van der Waals surface area (Å²) >= 11 is 0. The molecule has 0 radical (unpaired) electrons. The number of carbonyl (C=O) groups excluding carboxylic acids is 1. The molecule has 1 N–H and O–H groups in total. The molecule has 0 atom stereocenters. The summed E-state index contributed by atoms with van der Waals surface area (Å²) < 4.78 is 16.1. The van der Waals surface area contributed by atoms with Gasteiger partial charge in [-0.1, -0.05) is 31.1 Å². The molecule has 9 heteroatoms. The normalized spacial score (nSPS) is 14.3. The van der Waals surface area contributed by atoms with Crippen molar-refractivity contribution in [3.63, 3.8) is 0 Å². The van der Waals surface area contributed by atoms with Gasteiger partial charge in [-0.3, -0.25) is 4.90 Å². The zero-order valence-corrected chi connectivity index (χ0v) is 20.1. The number of urea groups is 1. The van der Waals surface area contributed by atoms with E-state index in [1.54, 1.807) is 20.3 Å². The molecule has 2 heterocycles. The van der Waals surface area contributed by atoms with Gasteiger partial charge < -0.3 is 24.2 Å². The summed E-state index contributed by atoms with van der Waals surface area (Å²) in [6.45, 7) is 7.59. The summed E-state index contributed by atoms with van der Waals surface area (Å²) in [6, 6.07) is 13.4. The van der Waals surface area contributed by atoms with Crippen molar-refractivity contribution in [2.45, 2.75) is 26.3 Å². The molecule has 1 saturated heterocycles. The maximum absolute atomic E-state index is 12.7. The smallest absolute Gasteiger partial charge is 0.321 e. The van der Waals surface area contributed by atoms with E-state index in [1.807, 2.05) is 29.2 Å². The Balaban J connectivity index is 1.30. The molecule has 9 nitrogen and oxygen atoms in total. The van der Waals surface area contributed by atoms with Crippen LogP contribution in [-0.2, 0) is 6.54 Å². The van der Waals surface area contributed by atoms with Gasteiger partial charge in [0, 0.05) is 43.5 Å². The Kier molecular flexibility index (Phi) is 7.32. The molecule has 0 aliphatic carbocycles. The third kappa shape index (κ3) is 5.66. The molecular formula is C25H31N5O4. The summed E-state index contributed by atoms with van der Waals surface area (Å²) in [6.07, 6.45) is 0. The predicted molar refractivity (Wildman–Crippen MR) is 129 cm³/mol. The Morgan fingerprint density at radius 2 is 1.68 bits per heavy atom. The molecule has 1 fully saturated rings. The van der Waals surface area contributed by atoms with Gasteiger partial charge in [-0.25, -0.2) is 4.79 Å². The number of anilines is 1. The van der Waals surface area contributed by atoms with E-state index in [2.05, 4.69) is 46.3 Å². The second kappa shape index (κ2) is 10.6. The Morgan fingerprint density at radius 3 is 2.26 bits per heavy atom. The van der Waals surface area contributed by atoms with Crippen molar-refractivity contribution in [3.05, 3.63) is 53.9 Å². The summed E-state index contributed by atoms with van der Waals surface area (Å²) in [4.78, 5) is 21.2. The second-order valence-electron chi connectivity index (χ2n) is 8.59. The van der Waals surface area contributed by atoms with Crippen LogP contribution in [0.15, 0.2) is 47.0 Å². The molecule has 4 rings (SSSR count). The SMILES string of the molecule is COc1cc(OC)cc(-c2nc(CN3CCN(C(=O)Nc4ccc(C(C)C)cc4)CC3)no2)c1. The third-order valence-corrected chi connectivity index (χ3v) is 5.92. The maximum atomic E-state index is 12.7. The van der Waals surface area contributed by atoms with Gasteiger partial charge in [0.15, 0.2) is 5.82 Å². The largest absolute Gasteiger partial charge is 0.497 e. The number of amides is 2. The van der Waals surface area contributed by atoms with Crippen LogP contribution in [0.5, 0.6) is 11.5 Å². The van der Waals surface area contributed by atoms with E-state index in [1.165, 1.54) is 5.56 Å². The lowest BCUT2D eigenvalue weighted by atomic mass is 10.0. The molecule has 1 aromatic heterocycles. The third-order valence-electron chi connectivity index (χ3n) is 5.92. The molecule has 180 valence electrons. The lowest BCUT2D eigenvalue weighted by Gasteiger charge is -2.34. The standard InChI is InChI=1S/C25H31N5O4/c1-17(2)18-5-7-20(8-6-18)26-25(31)30-11-9-29(10-12-30)16-23-27-24(34-28-23)19-13-21(32-3)15-22(14-19)33-4/h5-8,13-15,17H,9-12,16H2,1-4H3,(H,26,31). The fraction of sp³-hybridized carbons (Fsp3) is 0.400. The number of piperazine rings is 1. The van der Waals surface area contributed by atoms with Gasteiger partial charge in [0.2, 0.25) is 0 Å². The number of carbonyl (C=O) groups is 1. The van der Waals surface area contributed by atoms with E-state index in [9.17, 15) is 4.79 Å². The summed E-state index contributed by atoms with van der Waals surface area (Å²) in [5.74, 6) is 2.78. The highest BCUT2D eigenvalue weighted by atomic mass is 16.5. The minimum absolute atomic E-state index is 0.0780. The first-order valence-corrected chi connectivity index (χ1v) is 11.4. The van der Waals surface area contributed by atoms with Crippen molar-refractivity contribution in [2.24, 2.45) is 0 Å². The Hall–Kier alpha value is -3.59. The van der Waals surface area contributed by atoms with Crippen molar-refractivity contribution in [2.75, 3.05) is 45.7 Å². The summed E-state index contributed by atoms with van der Waals surface area (Å²) in [7, 11) is 3.19. The molecule has 1 aliphatic rings. The van der Waals surface area contributed by atoms with Crippen LogP contribution in [0.1, 0.15) is 31.2 Å². The van der Waals surface area contributed by atoms with Gasteiger partial charge >= 0.3 is 6.03 Å². The first-order valence-electron chi connectivity index (χ1n) is 11.4. The highest BCUT2D eigenvalue weighted by molar-refractivity contribution is 5.89. The summed E-state index contributed by atoms with van der Waals surface area (Å²) in [5.41, 5.74) is 2.80. The number of methoxy groups -OCH3 is 2. The number of benzene rings is 2. The molecule has 1 aliphatic heterocycles. The van der Waals surface area contributed by atoms with E-state index in [-0.39, 0.29) is 6.03 Å². The zero-order valence-electron chi connectivity index (χ0n) is 20.1. The van der Waals surface area contributed by atoms with Crippen molar-refractivity contribution in [3.8, 4) is 23.0 Å². The average molecular weight is 466 g/mol. The zero-order chi connectivity index (χ0) is 24.1. The van der Waals surface area contributed by atoms with Crippen LogP contribution in [0.2, 0.25) is 0 Å². The van der Waals surface area contributed by atoms with Crippen LogP contribution in [0.4, 0.5) is 10.5 Å². The molecule has 0 saturated carbocycles.